The predicted octanol–water partition coefficient (Wildman–Crippen LogP) is 2.13. The summed E-state index contributed by atoms with van der Waals surface area (Å²) in [6.45, 7) is 5.21. The average Bonchev–Trinajstić information content (AvgIpc) is 2.18. The summed E-state index contributed by atoms with van der Waals surface area (Å²) < 4.78 is 0. The van der Waals surface area contributed by atoms with Crippen molar-refractivity contribution in [3.63, 3.8) is 0 Å². The minimum Gasteiger partial charge on any atom is -0.314 e. The molecule has 2 unspecified atom stereocenters. The van der Waals surface area contributed by atoms with Gasteiger partial charge in [0.1, 0.15) is 5.78 Å². The van der Waals surface area contributed by atoms with Gasteiger partial charge in [0.05, 0.1) is 0 Å². The van der Waals surface area contributed by atoms with E-state index in [1.165, 1.54) is 19.3 Å². The van der Waals surface area contributed by atoms with Crippen LogP contribution in [-0.4, -0.2) is 18.4 Å². The van der Waals surface area contributed by atoms with Gasteiger partial charge in [-0.05, 0) is 25.8 Å². The van der Waals surface area contributed by atoms with Gasteiger partial charge in [-0.1, -0.05) is 20.3 Å². The van der Waals surface area contributed by atoms with Crippen LogP contribution in [0.3, 0.4) is 0 Å². The monoisotopic (exact) mass is 183 g/mol. The molecule has 0 aliphatic carbocycles. The Labute approximate surface area is 81.1 Å². The lowest BCUT2D eigenvalue weighted by Crippen LogP contribution is -2.36. The van der Waals surface area contributed by atoms with Crippen LogP contribution >= 0.6 is 0 Å². The Balaban J connectivity index is 2.26. The molecule has 13 heavy (non-hydrogen) atoms. The highest BCUT2D eigenvalue weighted by Crippen LogP contribution is 2.14. The molecule has 2 atom stereocenters. The number of hydrogen-bond donors (Lipinski definition) is 1. The van der Waals surface area contributed by atoms with Crippen molar-refractivity contribution in [2.45, 2.75) is 52.0 Å². The fourth-order valence-corrected chi connectivity index (χ4v) is 1.77. The first-order valence-corrected chi connectivity index (χ1v) is 5.50. The van der Waals surface area contributed by atoms with Gasteiger partial charge in [-0.3, -0.25) is 4.79 Å². The van der Waals surface area contributed by atoms with E-state index < -0.39 is 0 Å². The van der Waals surface area contributed by atoms with Gasteiger partial charge in [-0.25, -0.2) is 0 Å². The Kier molecular flexibility index (Phi) is 4.43. The van der Waals surface area contributed by atoms with E-state index in [-0.39, 0.29) is 5.92 Å². The van der Waals surface area contributed by atoms with Crippen LogP contribution in [0.2, 0.25) is 0 Å². The van der Waals surface area contributed by atoms with E-state index in [0.29, 0.717) is 11.8 Å². The summed E-state index contributed by atoms with van der Waals surface area (Å²) in [6, 6.07) is 0.468. The molecule has 2 heteroatoms. The standard InChI is InChI=1S/C11H21NO/c1-3-9(2)11(13)8-10-6-4-5-7-12-10/h9-10,12H,3-8H2,1-2H3. The van der Waals surface area contributed by atoms with Crippen molar-refractivity contribution in [2.24, 2.45) is 5.92 Å². The number of ketones is 1. The maximum absolute atomic E-state index is 11.6. The first kappa shape index (κ1) is 10.7. The maximum atomic E-state index is 11.6. The van der Waals surface area contributed by atoms with Gasteiger partial charge in [-0.2, -0.15) is 0 Å². The molecule has 1 N–H and O–H groups in total. The van der Waals surface area contributed by atoms with Crippen molar-refractivity contribution in [3.8, 4) is 0 Å². The zero-order valence-electron chi connectivity index (χ0n) is 8.81. The summed E-state index contributed by atoms with van der Waals surface area (Å²) in [7, 11) is 0. The predicted molar refractivity (Wildman–Crippen MR) is 54.7 cm³/mol. The van der Waals surface area contributed by atoms with Gasteiger partial charge in [-0.15, -0.1) is 0 Å². The molecule has 0 aromatic heterocycles. The topological polar surface area (TPSA) is 29.1 Å². The minimum absolute atomic E-state index is 0.253. The van der Waals surface area contributed by atoms with E-state index in [0.717, 1.165) is 19.4 Å². The summed E-state index contributed by atoms with van der Waals surface area (Å²) in [6.07, 6.45) is 5.46. The highest BCUT2D eigenvalue weighted by atomic mass is 16.1. The number of piperidine rings is 1. The second-order valence-corrected chi connectivity index (χ2v) is 4.13. The van der Waals surface area contributed by atoms with Crippen molar-refractivity contribution in [1.82, 2.24) is 5.32 Å². The molecule has 0 radical (unpaired) electrons. The molecular weight excluding hydrogens is 162 g/mol. The molecule has 0 aromatic carbocycles. The number of carbonyl (C=O) groups excluding carboxylic acids is 1. The van der Waals surface area contributed by atoms with Crippen molar-refractivity contribution < 1.29 is 4.79 Å². The van der Waals surface area contributed by atoms with E-state index in [2.05, 4.69) is 12.2 Å². The molecule has 1 heterocycles. The van der Waals surface area contributed by atoms with E-state index >= 15 is 0 Å². The van der Waals surface area contributed by atoms with Gasteiger partial charge in [0.15, 0.2) is 0 Å². The maximum Gasteiger partial charge on any atom is 0.137 e. The molecule has 76 valence electrons. The molecule has 1 aliphatic heterocycles. The average molecular weight is 183 g/mol. The SMILES string of the molecule is CCC(C)C(=O)CC1CCCCN1. The Hall–Kier alpha value is -0.370. The molecule has 0 bridgehead atoms. The normalized spacial score (nSPS) is 25.5. The van der Waals surface area contributed by atoms with Gasteiger partial charge in [0.25, 0.3) is 0 Å². The van der Waals surface area contributed by atoms with Gasteiger partial charge >= 0.3 is 0 Å². The largest absolute Gasteiger partial charge is 0.314 e. The van der Waals surface area contributed by atoms with Crippen LogP contribution in [0.1, 0.15) is 46.0 Å². The third-order valence-electron chi connectivity index (χ3n) is 3.02. The molecule has 0 aromatic rings. The summed E-state index contributed by atoms with van der Waals surface area (Å²) >= 11 is 0. The van der Waals surface area contributed by atoms with Crippen LogP contribution in [0.4, 0.5) is 0 Å². The second kappa shape index (κ2) is 5.38. The summed E-state index contributed by atoms with van der Waals surface area (Å²) in [5.41, 5.74) is 0. The smallest absolute Gasteiger partial charge is 0.137 e. The Morgan fingerprint density at radius 2 is 2.31 bits per heavy atom. The van der Waals surface area contributed by atoms with Gasteiger partial charge in [0, 0.05) is 18.4 Å². The van der Waals surface area contributed by atoms with Crippen LogP contribution in [0, 0.1) is 5.92 Å². The van der Waals surface area contributed by atoms with Crippen LogP contribution in [-0.2, 0) is 4.79 Å². The van der Waals surface area contributed by atoms with Crippen LogP contribution in [0.15, 0.2) is 0 Å². The molecule has 1 aliphatic rings. The zero-order chi connectivity index (χ0) is 9.68. The highest BCUT2D eigenvalue weighted by Gasteiger charge is 2.18. The third kappa shape index (κ3) is 3.47. The first-order valence-electron chi connectivity index (χ1n) is 5.50. The summed E-state index contributed by atoms with van der Waals surface area (Å²) in [5, 5.41) is 3.41. The van der Waals surface area contributed by atoms with E-state index in [1.807, 2.05) is 6.92 Å². The lowest BCUT2D eigenvalue weighted by molar-refractivity contribution is -0.123. The highest BCUT2D eigenvalue weighted by molar-refractivity contribution is 5.81. The Bertz CT molecular complexity index is 161. The number of Topliss-reactive ketones (excluding diaryl/α,β-unsaturated/α-hetero) is 1. The molecule has 1 rings (SSSR count). The minimum atomic E-state index is 0.253. The quantitative estimate of drug-likeness (QED) is 0.723. The molecule has 2 nitrogen and oxygen atoms in total. The summed E-state index contributed by atoms with van der Waals surface area (Å²) in [4.78, 5) is 11.6. The van der Waals surface area contributed by atoms with Gasteiger partial charge < -0.3 is 5.32 Å². The molecule has 0 amide bonds. The fraction of sp³-hybridized carbons (Fsp3) is 0.909. The zero-order valence-corrected chi connectivity index (χ0v) is 8.81. The lowest BCUT2D eigenvalue weighted by Gasteiger charge is -2.23. The van der Waals surface area contributed by atoms with E-state index in [1.54, 1.807) is 0 Å². The molecule has 0 spiro atoms. The van der Waals surface area contributed by atoms with Gasteiger partial charge in [0.2, 0.25) is 0 Å². The van der Waals surface area contributed by atoms with E-state index in [4.69, 9.17) is 0 Å². The summed E-state index contributed by atoms with van der Waals surface area (Å²) in [5.74, 6) is 0.686. The fourth-order valence-electron chi connectivity index (χ4n) is 1.77. The second-order valence-electron chi connectivity index (χ2n) is 4.13. The third-order valence-corrected chi connectivity index (χ3v) is 3.02. The molecular formula is C11H21NO. The van der Waals surface area contributed by atoms with Crippen molar-refractivity contribution in [2.75, 3.05) is 6.54 Å². The number of hydrogen-bond acceptors (Lipinski definition) is 2. The number of rotatable bonds is 4. The molecule has 1 fully saturated rings. The molecule has 1 saturated heterocycles. The Morgan fingerprint density at radius 3 is 2.85 bits per heavy atom. The van der Waals surface area contributed by atoms with Crippen molar-refractivity contribution in [1.29, 1.82) is 0 Å². The van der Waals surface area contributed by atoms with Crippen molar-refractivity contribution >= 4 is 5.78 Å². The molecule has 0 saturated carbocycles. The van der Waals surface area contributed by atoms with Crippen molar-refractivity contribution in [3.05, 3.63) is 0 Å². The number of nitrogens with one attached hydrogen (secondary N) is 1. The van der Waals surface area contributed by atoms with Crippen LogP contribution in [0.25, 0.3) is 0 Å². The Morgan fingerprint density at radius 1 is 1.54 bits per heavy atom. The first-order chi connectivity index (χ1) is 6.24. The number of carbonyl (C=O) groups is 1. The van der Waals surface area contributed by atoms with Crippen LogP contribution < -0.4 is 5.32 Å². The lowest BCUT2D eigenvalue weighted by atomic mass is 9.93. The van der Waals surface area contributed by atoms with E-state index in [9.17, 15) is 4.79 Å². The van der Waals surface area contributed by atoms with Crippen LogP contribution in [0.5, 0.6) is 0 Å².